The van der Waals surface area contributed by atoms with Crippen molar-refractivity contribution in [3.8, 4) is 0 Å². The zero-order valence-electron chi connectivity index (χ0n) is 16.2. The zero-order chi connectivity index (χ0) is 19.4. The van der Waals surface area contributed by atoms with Crippen molar-refractivity contribution >= 4 is 11.8 Å². The lowest BCUT2D eigenvalue weighted by Gasteiger charge is -2.62. The van der Waals surface area contributed by atoms with E-state index >= 15 is 0 Å². The van der Waals surface area contributed by atoms with Crippen LogP contribution in [0.2, 0.25) is 0 Å². The molecular formula is C21H28O6. The molecule has 148 valence electrons. The van der Waals surface area contributed by atoms with E-state index in [2.05, 4.69) is 20.4 Å². The second-order valence-corrected chi connectivity index (χ2v) is 9.85. The lowest BCUT2D eigenvalue weighted by Crippen LogP contribution is -2.70. The average molecular weight is 376 g/mol. The fraction of sp³-hybridized carbons (Fsp3) is 0.810. The molecule has 3 unspecified atom stereocenters. The van der Waals surface area contributed by atoms with Gasteiger partial charge in [0.15, 0.2) is 18.4 Å². The van der Waals surface area contributed by atoms with Crippen LogP contribution in [0.3, 0.4) is 0 Å². The van der Waals surface area contributed by atoms with Crippen LogP contribution >= 0.6 is 0 Å². The van der Waals surface area contributed by atoms with Gasteiger partial charge in [-0.1, -0.05) is 20.4 Å². The van der Waals surface area contributed by atoms with Gasteiger partial charge >= 0.3 is 5.97 Å². The fourth-order valence-corrected chi connectivity index (χ4v) is 7.56. The zero-order valence-corrected chi connectivity index (χ0v) is 16.2. The Bertz CT molecular complexity index is 743. The number of aliphatic hydroxyl groups excluding tert-OH is 1. The molecule has 3 saturated carbocycles. The number of carbonyl (C=O) groups excluding carboxylic acids is 2. The molecule has 0 amide bonds. The van der Waals surface area contributed by atoms with Gasteiger partial charge in [0.1, 0.15) is 11.5 Å². The van der Waals surface area contributed by atoms with Crippen LogP contribution in [0, 0.1) is 34.0 Å². The molecule has 0 aromatic carbocycles. The highest BCUT2D eigenvalue weighted by Gasteiger charge is 2.80. The molecule has 5 fully saturated rings. The van der Waals surface area contributed by atoms with Crippen LogP contribution in [0.4, 0.5) is 0 Å². The molecule has 8 atom stereocenters. The van der Waals surface area contributed by atoms with E-state index in [0.717, 1.165) is 19.3 Å². The van der Waals surface area contributed by atoms with Crippen molar-refractivity contribution < 1.29 is 28.9 Å². The normalized spacial score (nSPS) is 52.8. The van der Waals surface area contributed by atoms with Gasteiger partial charge in [-0.15, -0.1) is 0 Å². The lowest BCUT2D eigenvalue weighted by atomic mass is 9.43. The summed E-state index contributed by atoms with van der Waals surface area (Å²) in [5.41, 5.74) is -1.56. The number of hydrogen-bond donors (Lipinski definition) is 1. The minimum atomic E-state index is -1.19. The molecule has 0 radical (unpaired) electrons. The molecule has 3 aliphatic carbocycles. The summed E-state index contributed by atoms with van der Waals surface area (Å²) in [5.74, 6) is -1.03. The van der Waals surface area contributed by atoms with Crippen LogP contribution in [0.25, 0.3) is 0 Å². The molecule has 2 bridgehead atoms. The monoisotopic (exact) mass is 376 g/mol. The van der Waals surface area contributed by atoms with Crippen LogP contribution in [0.1, 0.15) is 46.0 Å². The number of aliphatic hydroxyl groups is 1. The van der Waals surface area contributed by atoms with E-state index in [-0.39, 0.29) is 29.0 Å². The molecule has 1 N–H and O–H groups in total. The molecule has 2 spiro atoms. The quantitative estimate of drug-likeness (QED) is 0.429. The van der Waals surface area contributed by atoms with Gasteiger partial charge in [0, 0.05) is 13.0 Å². The summed E-state index contributed by atoms with van der Waals surface area (Å²) in [4.78, 5) is 26.5. The number of rotatable bonds is 1. The second-order valence-electron chi connectivity index (χ2n) is 9.85. The van der Waals surface area contributed by atoms with Gasteiger partial charge in [0.2, 0.25) is 0 Å². The second kappa shape index (κ2) is 5.22. The molecule has 2 aliphatic heterocycles. The molecule has 5 aliphatic rings. The van der Waals surface area contributed by atoms with Crippen LogP contribution in [0.5, 0.6) is 0 Å². The summed E-state index contributed by atoms with van der Waals surface area (Å²) in [6, 6.07) is 0. The summed E-state index contributed by atoms with van der Waals surface area (Å²) < 4.78 is 17.7. The van der Waals surface area contributed by atoms with E-state index in [1.54, 1.807) is 7.11 Å². The van der Waals surface area contributed by atoms with Gasteiger partial charge in [-0.05, 0) is 54.9 Å². The average Bonchev–Trinajstić information content (AvgIpc) is 3.04. The van der Waals surface area contributed by atoms with Crippen molar-refractivity contribution in [2.45, 2.75) is 64.6 Å². The van der Waals surface area contributed by atoms with E-state index < -0.39 is 35.5 Å². The van der Waals surface area contributed by atoms with E-state index in [4.69, 9.17) is 14.2 Å². The first kappa shape index (κ1) is 17.8. The van der Waals surface area contributed by atoms with Gasteiger partial charge in [0.25, 0.3) is 0 Å². The number of ether oxygens (including phenoxy) is 3. The molecule has 0 aromatic heterocycles. The highest BCUT2D eigenvalue weighted by Crippen LogP contribution is 2.72. The maximum Gasteiger partial charge on any atom is 0.320 e. The van der Waals surface area contributed by atoms with Crippen LogP contribution in [0.15, 0.2) is 12.2 Å². The first-order valence-electron chi connectivity index (χ1n) is 10.0. The molecule has 27 heavy (non-hydrogen) atoms. The molecular weight excluding hydrogens is 348 g/mol. The number of allylic oxidation sites excluding steroid dienone is 1. The maximum atomic E-state index is 13.3. The van der Waals surface area contributed by atoms with Gasteiger partial charge < -0.3 is 19.3 Å². The Morgan fingerprint density at radius 2 is 1.96 bits per heavy atom. The van der Waals surface area contributed by atoms with E-state index in [1.165, 1.54) is 0 Å². The van der Waals surface area contributed by atoms with Crippen molar-refractivity contribution in [1.82, 2.24) is 0 Å². The molecule has 2 heterocycles. The predicted molar refractivity (Wildman–Crippen MR) is 94.1 cm³/mol. The summed E-state index contributed by atoms with van der Waals surface area (Å²) >= 11 is 0. The Morgan fingerprint density at radius 1 is 1.22 bits per heavy atom. The van der Waals surface area contributed by atoms with E-state index in [9.17, 15) is 14.7 Å². The fourth-order valence-electron chi connectivity index (χ4n) is 7.56. The largest absolute Gasteiger partial charge is 0.461 e. The third-order valence-electron chi connectivity index (χ3n) is 8.53. The summed E-state index contributed by atoms with van der Waals surface area (Å²) in [6.07, 6.45) is 1.44. The van der Waals surface area contributed by atoms with Gasteiger partial charge in [0.05, 0.1) is 5.41 Å². The van der Waals surface area contributed by atoms with Crippen molar-refractivity contribution in [2.75, 3.05) is 7.11 Å². The predicted octanol–water partition coefficient (Wildman–Crippen LogP) is 2.20. The molecule has 6 nitrogen and oxygen atoms in total. The van der Waals surface area contributed by atoms with Crippen molar-refractivity contribution in [1.29, 1.82) is 0 Å². The highest BCUT2D eigenvalue weighted by atomic mass is 16.7. The number of hydrogen-bond acceptors (Lipinski definition) is 6. The molecule has 5 rings (SSSR count). The van der Waals surface area contributed by atoms with Crippen LogP contribution in [-0.4, -0.2) is 42.7 Å². The Balaban J connectivity index is 1.75. The first-order valence-corrected chi connectivity index (χ1v) is 10.0. The topological polar surface area (TPSA) is 82.1 Å². The third kappa shape index (κ3) is 1.79. The smallest absolute Gasteiger partial charge is 0.320 e. The number of esters is 1. The van der Waals surface area contributed by atoms with Gasteiger partial charge in [-0.3, -0.25) is 9.59 Å². The minimum Gasteiger partial charge on any atom is -0.461 e. The summed E-state index contributed by atoms with van der Waals surface area (Å²) in [7, 11) is 1.57. The number of methoxy groups -OCH3 is 1. The molecule has 0 aromatic rings. The van der Waals surface area contributed by atoms with E-state index in [0.29, 0.717) is 18.4 Å². The Hall–Kier alpha value is -1.24. The third-order valence-corrected chi connectivity index (χ3v) is 8.53. The van der Waals surface area contributed by atoms with Gasteiger partial charge in [-0.2, -0.15) is 0 Å². The van der Waals surface area contributed by atoms with E-state index in [1.807, 2.05) is 0 Å². The molecule has 6 heteroatoms. The summed E-state index contributed by atoms with van der Waals surface area (Å²) in [5, 5.41) is 10.9. The lowest BCUT2D eigenvalue weighted by molar-refractivity contribution is -0.273. The Labute approximate surface area is 159 Å². The maximum absolute atomic E-state index is 13.3. The number of carbonyl (C=O) groups is 2. The van der Waals surface area contributed by atoms with Gasteiger partial charge in [-0.25, -0.2) is 0 Å². The number of fused-ring (bicyclic) bond motifs is 1. The molecule has 2 saturated heterocycles. The number of Topliss-reactive ketones (excluding diaryl/α,β-unsaturated/α-hetero) is 1. The van der Waals surface area contributed by atoms with Crippen LogP contribution in [-0.2, 0) is 23.8 Å². The summed E-state index contributed by atoms with van der Waals surface area (Å²) in [6.45, 7) is 8.26. The van der Waals surface area contributed by atoms with Crippen molar-refractivity contribution in [3.05, 3.63) is 12.2 Å². The first-order chi connectivity index (χ1) is 12.7. The SMILES string of the molecule is C=C1C(=O)C23CC1CC[C@H]2C12[C@H](OC)O[C@@H](O)[C@@H]1C(C)(C)CC[C@@H]2OC3=O. The Morgan fingerprint density at radius 3 is 2.67 bits per heavy atom. The standard InChI is InChI=1S/C21H28O6/c1-10-11-5-6-12-20(9-11,15(10)22)17(24)26-13-7-8-19(2,3)14-16(23)27-18(25-4)21(12,13)14/h11-14,16,18,23H,1,5-9H2,2-4H3/t11?,12-,13+,14-,16-,18-,20?,21?/m1/s1. The van der Waals surface area contributed by atoms with Crippen LogP contribution < -0.4 is 0 Å². The minimum absolute atomic E-state index is 0.0533. The van der Waals surface area contributed by atoms with Crippen molar-refractivity contribution in [3.63, 3.8) is 0 Å². The Kier molecular flexibility index (Phi) is 3.45. The van der Waals surface area contributed by atoms with Crippen molar-refractivity contribution in [2.24, 2.45) is 34.0 Å². The number of ketones is 1. The highest BCUT2D eigenvalue weighted by molar-refractivity contribution is 6.15.